The van der Waals surface area contributed by atoms with E-state index in [0.29, 0.717) is 39.8 Å². The highest BCUT2D eigenvalue weighted by molar-refractivity contribution is 6.02. The number of para-hydroxylation sites is 1. The molecular formula is C25H25N7O3. The highest BCUT2D eigenvalue weighted by Gasteiger charge is 2.16. The van der Waals surface area contributed by atoms with Crippen molar-refractivity contribution in [3.05, 3.63) is 72.4 Å². The van der Waals surface area contributed by atoms with Gasteiger partial charge in [-0.1, -0.05) is 18.7 Å². The van der Waals surface area contributed by atoms with Crippen molar-refractivity contribution < 1.29 is 14.3 Å². The van der Waals surface area contributed by atoms with E-state index in [1.807, 2.05) is 25.3 Å². The van der Waals surface area contributed by atoms with Crippen LogP contribution in [0.4, 0.5) is 28.8 Å². The molecular weight excluding hydrogens is 446 g/mol. The van der Waals surface area contributed by atoms with E-state index < -0.39 is 0 Å². The number of aryl methyl sites for hydroxylation is 1. The Morgan fingerprint density at radius 2 is 1.89 bits per heavy atom. The van der Waals surface area contributed by atoms with Crippen LogP contribution in [-0.4, -0.2) is 40.9 Å². The summed E-state index contributed by atoms with van der Waals surface area (Å²) in [4.78, 5) is 36.5. The Balaban J connectivity index is 1.75. The zero-order valence-corrected chi connectivity index (χ0v) is 19.5. The van der Waals surface area contributed by atoms with Crippen LogP contribution in [0, 0.1) is 6.92 Å². The first-order chi connectivity index (χ1) is 16.9. The Bertz CT molecular complexity index is 1430. The predicted octanol–water partition coefficient (Wildman–Crippen LogP) is 4.25. The van der Waals surface area contributed by atoms with Crippen LogP contribution in [-0.2, 0) is 4.79 Å². The van der Waals surface area contributed by atoms with Gasteiger partial charge in [0.05, 0.1) is 29.4 Å². The molecule has 0 aliphatic carbocycles. The molecule has 10 nitrogen and oxygen atoms in total. The molecule has 0 saturated carbocycles. The quantitative estimate of drug-likeness (QED) is 0.243. The summed E-state index contributed by atoms with van der Waals surface area (Å²) < 4.78 is 5.46. The molecule has 2 aromatic carbocycles. The van der Waals surface area contributed by atoms with Crippen LogP contribution in [0.2, 0.25) is 0 Å². The van der Waals surface area contributed by atoms with Gasteiger partial charge in [-0.05, 0) is 48.9 Å². The maximum atomic E-state index is 12.4. The minimum Gasteiger partial charge on any atom is -0.495 e. The number of nitrogens with zero attached hydrogens (tertiary/aromatic N) is 2. The SMILES string of the molecule is C=CC(=O)Nc1ccc(OC)c(Nc2nc(Nc3ccccc3C(=O)NC)c3c(C)c[nH]c3n2)c1. The standard InChI is InChI=1S/C25H25N7O3/c1-5-20(33)28-15-10-11-19(35-4)18(12-15)30-25-31-22-21(14(2)13-27-22)23(32-25)29-17-9-7-6-8-16(17)24(34)26-3/h5-13H,1H2,2-4H3,(H,26,34)(H,28,33)(H3,27,29,30,31,32). The summed E-state index contributed by atoms with van der Waals surface area (Å²) in [5, 5.41) is 12.6. The second kappa shape index (κ2) is 9.96. The molecule has 10 heteroatoms. The fourth-order valence-electron chi connectivity index (χ4n) is 3.58. The third kappa shape index (κ3) is 4.91. The number of aromatic amines is 1. The zero-order chi connectivity index (χ0) is 24.9. The molecule has 5 N–H and O–H groups in total. The molecule has 0 aliphatic heterocycles. The van der Waals surface area contributed by atoms with Crippen molar-refractivity contribution in [1.29, 1.82) is 0 Å². The van der Waals surface area contributed by atoms with E-state index in [-0.39, 0.29) is 17.8 Å². The molecule has 2 heterocycles. The van der Waals surface area contributed by atoms with Gasteiger partial charge in [0.2, 0.25) is 11.9 Å². The number of anilines is 5. The van der Waals surface area contributed by atoms with Gasteiger partial charge in [-0.3, -0.25) is 9.59 Å². The molecule has 0 aliphatic rings. The van der Waals surface area contributed by atoms with Crippen molar-refractivity contribution >= 4 is 51.7 Å². The van der Waals surface area contributed by atoms with Gasteiger partial charge in [-0.2, -0.15) is 9.97 Å². The Hall–Kier alpha value is -4.86. The van der Waals surface area contributed by atoms with E-state index in [1.54, 1.807) is 44.5 Å². The number of fused-ring (bicyclic) bond motifs is 1. The van der Waals surface area contributed by atoms with Gasteiger partial charge in [0, 0.05) is 18.9 Å². The van der Waals surface area contributed by atoms with Crippen molar-refractivity contribution in [1.82, 2.24) is 20.3 Å². The van der Waals surface area contributed by atoms with Gasteiger partial charge in [0.1, 0.15) is 17.2 Å². The van der Waals surface area contributed by atoms with Gasteiger partial charge in [-0.25, -0.2) is 0 Å². The molecule has 0 spiro atoms. The number of nitrogens with one attached hydrogen (secondary N) is 5. The number of hydrogen-bond donors (Lipinski definition) is 5. The zero-order valence-electron chi connectivity index (χ0n) is 19.5. The smallest absolute Gasteiger partial charge is 0.253 e. The van der Waals surface area contributed by atoms with Gasteiger partial charge >= 0.3 is 0 Å². The van der Waals surface area contributed by atoms with Crippen LogP contribution < -0.4 is 26.0 Å². The molecule has 0 atom stereocenters. The normalized spacial score (nSPS) is 10.5. The highest BCUT2D eigenvalue weighted by atomic mass is 16.5. The fourth-order valence-corrected chi connectivity index (χ4v) is 3.58. The topological polar surface area (TPSA) is 133 Å². The second-order valence-corrected chi connectivity index (χ2v) is 7.57. The van der Waals surface area contributed by atoms with E-state index in [1.165, 1.54) is 6.08 Å². The summed E-state index contributed by atoms with van der Waals surface area (Å²) in [5.74, 6) is 0.785. The molecule has 35 heavy (non-hydrogen) atoms. The first-order valence-corrected chi connectivity index (χ1v) is 10.8. The maximum Gasteiger partial charge on any atom is 0.253 e. The van der Waals surface area contributed by atoms with Crippen LogP contribution in [0.5, 0.6) is 5.75 Å². The lowest BCUT2D eigenvalue weighted by Gasteiger charge is -2.15. The van der Waals surface area contributed by atoms with E-state index in [9.17, 15) is 9.59 Å². The number of benzene rings is 2. The number of ether oxygens (including phenoxy) is 1. The molecule has 0 saturated heterocycles. The highest BCUT2D eigenvalue weighted by Crippen LogP contribution is 2.33. The van der Waals surface area contributed by atoms with E-state index in [2.05, 4.69) is 42.8 Å². The van der Waals surface area contributed by atoms with Crippen molar-refractivity contribution in [3.63, 3.8) is 0 Å². The van der Waals surface area contributed by atoms with E-state index in [4.69, 9.17) is 4.74 Å². The van der Waals surface area contributed by atoms with Gasteiger partial charge in [-0.15, -0.1) is 0 Å². The number of carbonyl (C=O) groups excluding carboxylic acids is 2. The number of methoxy groups -OCH3 is 1. The van der Waals surface area contributed by atoms with Crippen molar-refractivity contribution in [2.24, 2.45) is 0 Å². The monoisotopic (exact) mass is 471 g/mol. The summed E-state index contributed by atoms with van der Waals surface area (Å²) in [6.45, 7) is 5.41. The summed E-state index contributed by atoms with van der Waals surface area (Å²) >= 11 is 0. The molecule has 2 aromatic heterocycles. The molecule has 0 fully saturated rings. The third-order valence-corrected chi connectivity index (χ3v) is 5.28. The van der Waals surface area contributed by atoms with Crippen molar-refractivity contribution in [2.45, 2.75) is 6.92 Å². The summed E-state index contributed by atoms with van der Waals surface area (Å²) in [6, 6.07) is 12.3. The Morgan fingerprint density at radius 1 is 1.09 bits per heavy atom. The van der Waals surface area contributed by atoms with Crippen LogP contribution in [0.25, 0.3) is 11.0 Å². The number of hydrogen-bond acceptors (Lipinski definition) is 7. The number of H-pyrrole nitrogens is 1. The number of aromatic nitrogens is 3. The number of amides is 2. The number of rotatable bonds is 8. The minimum atomic E-state index is -0.332. The molecule has 2 amide bonds. The fraction of sp³-hybridized carbons (Fsp3) is 0.120. The first-order valence-electron chi connectivity index (χ1n) is 10.8. The second-order valence-electron chi connectivity index (χ2n) is 7.57. The van der Waals surface area contributed by atoms with Crippen LogP contribution >= 0.6 is 0 Å². The van der Waals surface area contributed by atoms with Crippen LogP contribution in [0.3, 0.4) is 0 Å². The molecule has 178 valence electrons. The summed E-state index contributed by atoms with van der Waals surface area (Å²) in [7, 11) is 3.13. The van der Waals surface area contributed by atoms with Gasteiger partial charge < -0.3 is 31.0 Å². The minimum absolute atomic E-state index is 0.217. The Morgan fingerprint density at radius 3 is 2.63 bits per heavy atom. The maximum absolute atomic E-state index is 12.4. The summed E-state index contributed by atoms with van der Waals surface area (Å²) in [6.07, 6.45) is 3.03. The molecule has 0 bridgehead atoms. The molecule has 4 aromatic rings. The lowest BCUT2D eigenvalue weighted by Crippen LogP contribution is -2.19. The molecule has 0 unspecified atom stereocenters. The third-order valence-electron chi connectivity index (χ3n) is 5.28. The lowest BCUT2D eigenvalue weighted by molar-refractivity contribution is -0.111. The van der Waals surface area contributed by atoms with Gasteiger partial charge in [0.15, 0.2) is 0 Å². The predicted molar refractivity (Wildman–Crippen MR) is 137 cm³/mol. The largest absolute Gasteiger partial charge is 0.495 e. The average Bonchev–Trinajstić information content (AvgIpc) is 3.24. The van der Waals surface area contributed by atoms with E-state index >= 15 is 0 Å². The lowest BCUT2D eigenvalue weighted by atomic mass is 10.1. The number of carbonyl (C=O) groups is 2. The summed E-state index contributed by atoms with van der Waals surface area (Å²) in [5.41, 5.74) is 3.73. The van der Waals surface area contributed by atoms with Crippen LogP contribution in [0.1, 0.15) is 15.9 Å². The van der Waals surface area contributed by atoms with Crippen molar-refractivity contribution in [3.8, 4) is 5.75 Å². The molecule has 0 radical (unpaired) electrons. The van der Waals surface area contributed by atoms with Crippen LogP contribution in [0.15, 0.2) is 61.3 Å². The first kappa shape index (κ1) is 23.3. The average molecular weight is 472 g/mol. The Labute approximate surface area is 201 Å². The molecule has 4 rings (SSSR count). The van der Waals surface area contributed by atoms with Gasteiger partial charge in [0.25, 0.3) is 5.91 Å². The van der Waals surface area contributed by atoms with E-state index in [0.717, 1.165) is 10.9 Å². The Kier molecular flexibility index (Phi) is 6.63. The van der Waals surface area contributed by atoms with Crippen molar-refractivity contribution in [2.75, 3.05) is 30.1 Å².